The van der Waals surface area contributed by atoms with Crippen LogP contribution in [0, 0.1) is 11.8 Å². The highest BCUT2D eigenvalue weighted by molar-refractivity contribution is 5.05. The molecule has 0 aromatic rings. The Morgan fingerprint density at radius 1 is 0.875 bits per heavy atom. The molecule has 16 heavy (non-hydrogen) atoms. The van der Waals surface area contributed by atoms with Crippen molar-refractivity contribution in [1.82, 2.24) is 0 Å². The van der Waals surface area contributed by atoms with E-state index < -0.39 is 0 Å². The minimum absolute atomic E-state index is 0.840. The van der Waals surface area contributed by atoms with Crippen LogP contribution in [0.1, 0.15) is 71.1 Å². The van der Waals surface area contributed by atoms with Gasteiger partial charge < -0.3 is 0 Å². The molecule has 2 saturated carbocycles. The molecule has 2 aliphatic rings. The molecule has 2 aliphatic carbocycles. The van der Waals surface area contributed by atoms with Gasteiger partial charge in [0, 0.05) is 0 Å². The molecule has 0 heterocycles. The zero-order valence-electron chi connectivity index (χ0n) is 10.8. The zero-order valence-corrected chi connectivity index (χ0v) is 10.8. The van der Waals surface area contributed by atoms with Crippen molar-refractivity contribution in [3.8, 4) is 0 Å². The Hall–Kier alpha value is -0.480. The van der Waals surface area contributed by atoms with Crippen LogP contribution in [0.15, 0.2) is 17.4 Å². The van der Waals surface area contributed by atoms with Crippen LogP contribution in [0.5, 0.6) is 0 Å². The molecule has 2 rings (SSSR count). The quantitative estimate of drug-likeness (QED) is 0.555. The van der Waals surface area contributed by atoms with E-state index in [1.807, 2.05) is 0 Å². The first kappa shape index (κ1) is 12.0. The molecule has 0 atom stereocenters. The Kier molecular flexibility index (Phi) is 4.72. The van der Waals surface area contributed by atoms with Gasteiger partial charge in [0.1, 0.15) is 0 Å². The molecule has 0 N–H and O–H groups in total. The van der Waals surface area contributed by atoms with Gasteiger partial charge in [0.05, 0.1) is 0 Å². The molecule has 0 saturated heterocycles. The lowest BCUT2D eigenvalue weighted by molar-refractivity contribution is 0.402. The van der Waals surface area contributed by atoms with Gasteiger partial charge in [0.15, 0.2) is 0 Å². The summed E-state index contributed by atoms with van der Waals surface area (Å²) in [5, 5.41) is 0. The summed E-state index contributed by atoms with van der Waals surface area (Å²) in [4.78, 5) is 0. The minimum Gasteiger partial charge on any atom is -0.126 e. The molecule has 0 unspecified atom stereocenters. The normalized spacial score (nSPS) is 23.8. The SMILES string of the molecule is CC(=C=CC1CCCCC1)C1CCCCC1. The number of rotatable bonds is 2. The second kappa shape index (κ2) is 6.30. The van der Waals surface area contributed by atoms with Crippen LogP contribution >= 0.6 is 0 Å². The molecule has 0 heteroatoms. The Balaban J connectivity index is 1.90. The molecule has 0 aromatic heterocycles. The third kappa shape index (κ3) is 3.52. The fourth-order valence-electron chi connectivity index (χ4n) is 3.20. The second-order valence-electron chi connectivity index (χ2n) is 5.73. The van der Waals surface area contributed by atoms with Gasteiger partial charge in [-0.15, -0.1) is 5.73 Å². The van der Waals surface area contributed by atoms with E-state index in [9.17, 15) is 0 Å². The summed E-state index contributed by atoms with van der Waals surface area (Å²) in [6.07, 6.45) is 16.7. The van der Waals surface area contributed by atoms with E-state index in [2.05, 4.69) is 18.7 Å². The summed E-state index contributed by atoms with van der Waals surface area (Å²) in [6, 6.07) is 0. The van der Waals surface area contributed by atoms with Crippen LogP contribution in [0.25, 0.3) is 0 Å². The van der Waals surface area contributed by atoms with Gasteiger partial charge in [-0.3, -0.25) is 0 Å². The Morgan fingerprint density at radius 3 is 2.06 bits per heavy atom. The van der Waals surface area contributed by atoms with Crippen molar-refractivity contribution in [2.75, 3.05) is 0 Å². The summed E-state index contributed by atoms with van der Waals surface area (Å²) in [5.74, 6) is 1.70. The fraction of sp³-hybridized carbons (Fsp3) is 0.812. The number of hydrogen-bond acceptors (Lipinski definition) is 0. The van der Waals surface area contributed by atoms with Gasteiger partial charge in [-0.2, -0.15) is 0 Å². The third-order valence-corrected chi connectivity index (χ3v) is 4.41. The standard InChI is InChI=1S/C16H26/c1-14(16-10-6-3-7-11-16)12-13-15-8-4-2-5-9-15/h13,15-16H,2-11H2,1H3. The van der Waals surface area contributed by atoms with Crippen molar-refractivity contribution in [1.29, 1.82) is 0 Å². The molecule has 0 bridgehead atoms. The minimum atomic E-state index is 0.840. The molecular formula is C16H26. The highest BCUT2D eigenvalue weighted by Crippen LogP contribution is 2.29. The first-order chi connectivity index (χ1) is 7.86. The Labute approximate surface area is 101 Å². The first-order valence-electron chi connectivity index (χ1n) is 7.29. The van der Waals surface area contributed by atoms with Gasteiger partial charge in [-0.1, -0.05) is 38.5 Å². The summed E-state index contributed by atoms with van der Waals surface area (Å²) < 4.78 is 0. The third-order valence-electron chi connectivity index (χ3n) is 4.41. The monoisotopic (exact) mass is 218 g/mol. The molecule has 0 aromatic carbocycles. The van der Waals surface area contributed by atoms with Crippen molar-refractivity contribution in [3.63, 3.8) is 0 Å². The maximum atomic E-state index is 3.61. The lowest BCUT2D eigenvalue weighted by atomic mass is 9.84. The predicted molar refractivity (Wildman–Crippen MR) is 70.4 cm³/mol. The highest BCUT2D eigenvalue weighted by Gasteiger charge is 2.15. The van der Waals surface area contributed by atoms with Gasteiger partial charge in [0.2, 0.25) is 0 Å². The summed E-state index contributed by atoms with van der Waals surface area (Å²) >= 11 is 0. The van der Waals surface area contributed by atoms with Gasteiger partial charge in [-0.05, 0) is 56.1 Å². The number of allylic oxidation sites excluding steroid dienone is 1. The van der Waals surface area contributed by atoms with E-state index in [0.717, 1.165) is 11.8 Å². The molecular weight excluding hydrogens is 192 g/mol. The maximum Gasteiger partial charge on any atom is -0.0130 e. The summed E-state index contributed by atoms with van der Waals surface area (Å²) in [7, 11) is 0. The zero-order chi connectivity index (χ0) is 11.2. The molecule has 0 radical (unpaired) electrons. The second-order valence-corrected chi connectivity index (χ2v) is 5.73. The van der Waals surface area contributed by atoms with Gasteiger partial charge in [-0.25, -0.2) is 0 Å². The maximum absolute atomic E-state index is 3.61. The van der Waals surface area contributed by atoms with Crippen LogP contribution in [0.3, 0.4) is 0 Å². The van der Waals surface area contributed by atoms with E-state index >= 15 is 0 Å². The van der Waals surface area contributed by atoms with Crippen LogP contribution in [-0.2, 0) is 0 Å². The summed E-state index contributed by atoms with van der Waals surface area (Å²) in [5.41, 5.74) is 5.15. The molecule has 0 aliphatic heterocycles. The molecule has 0 spiro atoms. The topological polar surface area (TPSA) is 0 Å². The van der Waals surface area contributed by atoms with E-state index in [0.29, 0.717) is 0 Å². The average Bonchev–Trinajstić information content (AvgIpc) is 2.38. The van der Waals surface area contributed by atoms with Gasteiger partial charge in [0.25, 0.3) is 0 Å². The lowest BCUT2D eigenvalue weighted by Gasteiger charge is -2.21. The highest BCUT2D eigenvalue weighted by atomic mass is 14.2. The fourth-order valence-corrected chi connectivity index (χ4v) is 3.20. The van der Waals surface area contributed by atoms with E-state index in [1.165, 1.54) is 69.8 Å². The van der Waals surface area contributed by atoms with E-state index in [-0.39, 0.29) is 0 Å². The number of hydrogen-bond donors (Lipinski definition) is 0. The van der Waals surface area contributed by atoms with Crippen molar-refractivity contribution < 1.29 is 0 Å². The lowest BCUT2D eigenvalue weighted by Crippen LogP contribution is -2.07. The molecule has 0 amide bonds. The van der Waals surface area contributed by atoms with Crippen molar-refractivity contribution in [2.45, 2.75) is 71.1 Å². The first-order valence-corrected chi connectivity index (χ1v) is 7.29. The smallest absolute Gasteiger partial charge is 0.0130 e. The summed E-state index contributed by atoms with van der Waals surface area (Å²) in [6.45, 7) is 2.30. The van der Waals surface area contributed by atoms with Crippen LogP contribution < -0.4 is 0 Å². The molecule has 90 valence electrons. The van der Waals surface area contributed by atoms with E-state index in [1.54, 1.807) is 0 Å². The molecule has 0 nitrogen and oxygen atoms in total. The van der Waals surface area contributed by atoms with Gasteiger partial charge >= 0.3 is 0 Å². The van der Waals surface area contributed by atoms with Crippen molar-refractivity contribution >= 4 is 0 Å². The van der Waals surface area contributed by atoms with Crippen molar-refractivity contribution in [2.24, 2.45) is 11.8 Å². The van der Waals surface area contributed by atoms with Crippen LogP contribution in [0.2, 0.25) is 0 Å². The largest absolute Gasteiger partial charge is 0.126 e. The predicted octanol–water partition coefficient (Wildman–Crippen LogP) is 5.25. The average molecular weight is 218 g/mol. The van der Waals surface area contributed by atoms with E-state index in [4.69, 9.17) is 0 Å². The van der Waals surface area contributed by atoms with Crippen molar-refractivity contribution in [3.05, 3.63) is 17.4 Å². The Morgan fingerprint density at radius 2 is 1.44 bits per heavy atom. The Bertz CT molecular complexity index is 256. The van der Waals surface area contributed by atoms with Crippen LogP contribution in [0.4, 0.5) is 0 Å². The molecule has 2 fully saturated rings. The van der Waals surface area contributed by atoms with Crippen LogP contribution in [-0.4, -0.2) is 0 Å².